The van der Waals surface area contributed by atoms with Gasteiger partial charge in [0.15, 0.2) is 6.19 Å². The number of benzene rings is 2. The van der Waals surface area contributed by atoms with E-state index in [1.165, 1.54) is 25.3 Å². The van der Waals surface area contributed by atoms with Crippen LogP contribution in [0.1, 0.15) is 18.9 Å². The van der Waals surface area contributed by atoms with Crippen molar-refractivity contribution >= 4 is 23.3 Å². The number of hydrogen-bond acceptors (Lipinski definition) is 8. The van der Waals surface area contributed by atoms with Crippen molar-refractivity contribution in [2.75, 3.05) is 20.3 Å². The molecule has 0 heterocycles. The van der Waals surface area contributed by atoms with E-state index in [9.17, 15) is 20.2 Å². The SMILES string of the molecule is CCOC(=O)CCOc1ccc([N+](=O)[O-])cc1CN(C#N)C(N)=Nc1ccc(OC)cc1. The molecule has 0 saturated heterocycles. The lowest BCUT2D eigenvalue weighted by Crippen LogP contribution is -2.33. The summed E-state index contributed by atoms with van der Waals surface area (Å²) >= 11 is 0. The summed E-state index contributed by atoms with van der Waals surface area (Å²) in [6.07, 6.45) is 1.92. The van der Waals surface area contributed by atoms with Gasteiger partial charge in [-0.2, -0.15) is 5.26 Å². The van der Waals surface area contributed by atoms with E-state index in [0.717, 1.165) is 4.90 Å². The number of guanidine groups is 1. The quantitative estimate of drug-likeness (QED) is 0.111. The molecule has 0 atom stereocenters. The largest absolute Gasteiger partial charge is 0.497 e. The summed E-state index contributed by atoms with van der Waals surface area (Å²) < 4.78 is 15.5. The van der Waals surface area contributed by atoms with Crippen molar-refractivity contribution in [2.45, 2.75) is 19.9 Å². The van der Waals surface area contributed by atoms with E-state index < -0.39 is 10.9 Å². The number of nitro groups is 1. The minimum atomic E-state index is -0.558. The first-order valence-electron chi connectivity index (χ1n) is 9.59. The molecule has 0 radical (unpaired) electrons. The summed E-state index contributed by atoms with van der Waals surface area (Å²) in [5, 5.41) is 20.7. The molecule has 2 N–H and O–H groups in total. The number of nitriles is 1. The Bertz CT molecular complexity index is 1020. The lowest BCUT2D eigenvalue weighted by atomic mass is 10.1. The highest BCUT2D eigenvalue weighted by atomic mass is 16.6. The lowest BCUT2D eigenvalue weighted by molar-refractivity contribution is -0.384. The van der Waals surface area contributed by atoms with Crippen molar-refractivity contribution in [3.63, 3.8) is 0 Å². The van der Waals surface area contributed by atoms with E-state index in [1.54, 1.807) is 31.2 Å². The number of nitrogens with two attached hydrogens (primary N) is 1. The van der Waals surface area contributed by atoms with Gasteiger partial charge in [-0.3, -0.25) is 14.9 Å². The van der Waals surface area contributed by atoms with Gasteiger partial charge in [-0.15, -0.1) is 0 Å². The van der Waals surface area contributed by atoms with E-state index >= 15 is 0 Å². The third-order valence-electron chi connectivity index (χ3n) is 4.17. The van der Waals surface area contributed by atoms with E-state index in [2.05, 4.69) is 4.99 Å². The van der Waals surface area contributed by atoms with E-state index in [0.29, 0.717) is 17.0 Å². The first-order valence-corrected chi connectivity index (χ1v) is 9.59. The lowest BCUT2D eigenvalue weighted by Gasteiger charge is -2.17. The molecular formula is C21H23N5O6. The summed E-state index contributed by atoms with van der Waals surface area (Å²) in [5.41, 5.74) is 6.63. The fraction of sp³-hybridized carbons (Fsp3) is 0.286. The van der Waals surface area contributed by atoms with Gasteiger partial charge in [0.1, 0.15) is 11.5 Å². The zero-order valence-electron chi connectivity index (χ0n) is 17.7. The minimum Gasteiger partial charge on any atom is -0.497 e. The van der Waals surface area contributed by atoms with E-state index in [1.807, 2.05) is 6.19 Å². The van der Waals surface area contributed by atoms with Crippen LogP contribution in [0, 0.1) is 21.6 Å². The first-order chi connectivity index (χ1) is 15.4. The maximum Gasteiger partial charge on any atom is 0.309 e. The van der Waals surface area contributed by atoms with Crippen LogP contribution in [-0.2, 0) is 16.1 Å². The van der Waals surface area contributed by atoms with Crippen molar-refractivity contribution in [1.82, 2.24) is 4.90 Å². The average Bonchev–Trinajstić information content (AvgIpc) is 2.78. The molecule has 11 heteroatoms. The highest BCUT2D eigenvalue weighted by molar-refractivity contribution is 5.82. The predicted molar refractivity (Wildman–Crippen MR) is 115 cm³/mol. The van der Waals surface area contributed by atoms with Gasteiger partial charge in [0, 0.05) is 17.7 Å². The fourth-order valence-electron chi connectivity index (χ4n) is 2.61. The molecule has 0 aliphatic heterocycles. The molecule has 0 spiro atoms. The van der Waals surface area contributed by atoms with Gasteiger partial charge < -0.3 is 19.9 Å². The standard InChI is InChI=1S/C21H23N5O6/c1-3-31-20(27)10-11-32-19-9-6-17(26(28)29)12-15(19)13-25(14-22)21(23)24-16-4-7-18(30-2)8-5-16/h4-9,12H,3,10-11,13H2,1-2H3,(H2,23,24). The Balaban J connectivity index is 2.22. The fourth-order valence-corrected chi connectivity index (χ4v) is 2.61. The van der Waals surface area contributed by atoms with Crippen molar-refractivity contribution in [1.29, 1.82) is 5.26 Å². The number of rotatable bonds is 10. The summed E-state index contributed by atoms with van der Waals surface area (Å²) in [5.74, 6) is 0.380. The number of carbonyl (C=O) groups excluding carboxylic acids is 1. The highest BCUT2D eigenvalue weighted by Crippen LogP contribution is 2.26. The van der Waals surface area contributed by atoms with Crippen LogP contribution < -0.4 is 15.2 Å². The van der Waals surface area contributed by atoms with Crippen molar-refractivity contribution in [3.8, 4) is 17.7 Å². The van der Waals surface area contributed by atoms with Gasteiger partial charge >= 0.3 is 5.97 Å². The summed E-state index contributed by atoms with van der Waals surface area (Å²) in [7, 11) is 1.54. The highest BCUT2D eigenvalue weighted by Gasteiger charge is 2.17. The Morgan fingerprint density at radius 3 is 2.59 bits per heavy atom. The van der Waals surface area contributed by atoms with Gasteiger partial charge in [-0.05, 0) is 37.3 Å². The molecular weight excluding hydrogens is 418 g/mol. The third kappa shape index (κ3) is 6.88. The van der Waals surface area contributed by atoms with Crippen LogP contribution in [0.4, 0.5) is 11.4 Å². The molecule has 0 fully saturated rings. The third-order valence-corrected chi connectivity index (χ3v) is 4.17. The molecule has 168 valence electrons. The molecule has 0 aromatic heterocycles. The van der Waals surface area contributed by atoms with E-state index in [4.69, 9.17) is 19.9 Å². The van der Waals surface area contributed by atoms with Gasteiger partial charge in [-0.25, -0.2) is 9.89 Å². The number of ether oxygens (including phenoxy) is 3. The number of methoxy groups -OCH3 is 1. The number of nitro benzene ring substituents is 1. The molecule has 0 unspecified atom stereocenters. The van der Waals surface area contributed by atoms with Crippen LogP contribution in [0.15, 0.2) is 47.5 Å². The second-order valence-electron chi connectivity index (χ2n) is 6.31. The number of esters is 1. The topological polar surface area (TPSA) is 153 Å². The van der Waals surface area contributed by atoms with Gasteiger partial charge in [-0.1, -0.05) is 0 Å². The molecule has 0 aliphatic carbocycles. The van der Waals surface area contributed by atoms with Crippen LogP contribution >= 0.6 is 0 Å². The number of aliphatic imine (C=N–C) groups is 1. The Kier molecular flexibility index (Phi) is 8.79. The number of nitrogens with zero attached hydrogens (tertiary/aromatic N) is 4. The maximum atomic E-state index is 11.5. The first kappa shape index (κ1) is 23.9. The summed E-state index contributed by atoms with van der Waals surface area (Å²) in [6.45, 7) is 1.83. The molecule has 2 aromatic carbocycles. The predicted octanol–water partition coefficient (Wildman–Crippen LogP) is 2.86. The minimum absolute atomic E-state index is 0.00557. The molecule has 32 heavy (non-hydrogen) atoms. The molecule has 2 rings (SSSR count). The Hall–Kier alpha value is -4.33. The number of hydrogen-bond donors (Lipinski definition) is 1. The molecule has 0 saturated carbocycles. The monoisotopic (exact) mass is 441 g/mol. The molecule has 2 aromatic rings. The van der Waals surface area contributed by atoms with Crippen LogP contribution in [0.25, 0.3) is 0 Å². The van der Waals surface area contributed by atoms with Crippen molar-refractivity contribution < 1.29 is 23.9 Å². The second-order valence-corrected chi connectivity index (χ2v) is 6.31. The second kappa shape index (κ2) is 11.8. The van der Waals surface area contributed by atoms with Crippen LogP contribution in [0.3, 0.4) is 0 Å². The molecule has 11 nitrogen and oxygen atoms in total. The Morgan fingerprint density at radius 2 is 2.00 bits per heavy atom. The normalized spacial score (nSPS) is 10.7. The van der Waals surface area contributed by atoms with Gasteiger partial charge in [0.05, 0.1) is 43.9 Å². The molecule has 0 bridgehead atoms. The van der Waals surface area contributed by atoms with Crippen molar-refractivity contribution in [3.05, 3.63) is 58.1 Å². The average molecular weight is 441 g/mol. The number of carbonyl (C=O) groups is 1. The Morgan fingerprint density at radius 1 is 1.28 bits per heavy atom. The zero-order chi connectivity index (χ0) is 23.5. The molecule has 0 amide bonds. The zero-order valence-corrected chi connectivity index (χ0v) is 17.7. The smallest absolute Gasteiger partial charge is 0.309 e. The number of non-ortho nitro benzene ring substituents is 1. The van der Waals surface area contributed by atoms with Gasteiger partial charge in [0.2, 0.25) is 5.96 Å². The molecule has 0 aliphatic rings. The Labute approximate surface area is 184 Å². The summed E-state index contributed by atoms with van der Waals surface area (Å²) in [6, 6.07) is 10.7. The summed E-state index contributed by atoms with van der Waals surface area (Å²) in [4.78, 5) is 27.4. The van der Waals surface area contributed by atoms with Crippen molar-refractivity contribution in [2.24, 2.45) is 10.7 Å². The van der Waals surface area contributed by atoms with Crippen LogP contribution in [0.2, 0.25) is 0 Å². The van der Waals surface area contributed by atoms with Crippen LogP contribution in [0.5, 0.6) is 11.5 Å². The van der Waals surface area contributed by atoms with E-state index in [-0.39, 0.29) is 43.6 Å². The van der Waals surface area contributed by atoms with Gasteiger partial charge in [0.25, 0.3) is 5.69 Å². The van der Waals surface area contributed by atoms with Crippen LogP contribution in [-0.4, -0.2) is 42.1 Å². The maximum absolute atomic E-state index is 11.5.